The molecule has 0 unspecified atom stereocenters. The van der Waals surface area contributed by atoms with Gasteiger partial charge in [0, 0.05) is 38.7 Å². The third kappa shape index (κ3) is 8.04. The summed E-state index contributed by atoms with van der Waals surface area (Å²) in [5.41, 5.74) is 0.598. The monoisotopic (exact) mass is 643 g/mol. The number of nitrogens with one attached hydrogen (secondary N) is 1. The number of hydrogen-bond acceptors (Lipinski definition) is 4. The van der Waals surface area contributed by atoms with E-state index in [2.05, 4.69) is 5.32 Å². The Balaban J connectivity index is 2.05. The van der Waals surface area contributed by atoms with Gasteiger partial charge in [-0.25, -0.2) is 8.42 Å². The summed E-state index contributed by atoms with van der Waals surface area (Å²) in [4.78, 5) is 28.2. The van der Waals surface area contributed by atoms with Crippen molar-refractivity contribution in [3.63, 3.8) is 0 Å². The molecule has 0 spiro atoms. The zero-order valence-electron chi connectivity index (χ0n) is 22.1. The first-order chi connectivity index (χ1) is 18.8. The van der Waals surface area contributed by atoms with Gasteiger partial charge in [-0.1, -0.05) is 72.4 Å². The van der Waals surface area contributed by atoms with Crippen LogP contribution in [0, 0.1) is 5.92 Å². The number of rotatable bonds is 11. The first kappa shape index (κ1) is 32.0. The van der Waals surface area contributed by atoms with E-state index in [4.69, 9.17) is 46.4 Å². The number of amides is 2. The number of hydrogen-bond donors (Lipinski definition) is 1. The summed E-state index contributed by atoms with van der Waals surface area (Å²) in [6, 6.07) is 15.7. The van der Waals surface area contributed by atoms with E-state index in [-0.39, 0.29) is 28.1 Å². The minimum Gasteiger partial charge on any atom is -0.354 e. The number of nitrogens with zero attached hydrogens (tertiary/aromatic N) is 2. The normalized spacial score (nSPS) is 12.2. The van der Waals surface area contributed by atoms with Crippen LogP contribution in [0.2, 0.25) is 20.1 Å². The van der Waals surface area contributed by atoms with E-state index in [9.17, 15) is 18.0 Å². The summed E-state index contributed by atoms with van der Waals surface area (Å²) in [5.74, 6) is -0.873. The van der Waals surface area contributed by atoms with E-state index >= 15 is 0 Å². The summed E-state index contributed by atoms with van der Waals surface area (Å²) in [6.07, 6.45) is 0. The number of carbonyl (C=O) groups is 2. The number of carbonyl (C=O) groups excluding carboxylic acids is 2. The second-order valence-corrected chi connectivity index (χ2v) is 13.0. The van der Waals surface area contributed by atoms with Crippen molar-refractivity contribution in [2.75, 3.05) is 17.4 Å². The van der Waals surface area contributed by atoms with E-state index in [0.29, 0.717) is 27.2 Å². The van der Waals surface area contributed by atoms with Crippen molar-refractivity contribution < 1.29 is 18.0 Å². The molecule has 12 heteroatoms. The molecule has 0 aliphatic carbocycles. The van der Waals surface area contributed by atoms with Crippen molar-refractivity contribution in [2.45, 2.75) is 38.3 Å². The smallest absolute Gasteiger partial charge is 0.264 e. The van der Waals surface area contributed by atoms with Gasteiger partial charge in [0.05, 0.1) is 10.6 Å². The van der Waals surface area contributed by atoms with E-state index in [1.165, 1.54) is 41.3 Å². The number of anilines is 1. The first-order valence-corrected chi connectivity index (χ1v) is 15.3. The molecule has 1 N–H and O–H groups in total. The first-order valence-electron chi connectivity index (χ1n) is 12.3. The summed E-state index contributed by atoms with van der Waals surface area (Å²) >= 11 is 24.9. The van der Waals surface area contributed by atoms with Crippen LogP contribution in [0.1, 0.15) is 26.3 Å². The van der Waals surface area contributed by atoms with Gasteiger partial charge >= 0.3 is 0 Å². The highest BCUT2D eigenvalue weighted by atomic mass is 35.5. The molecule has 40 heavy (non-hydrogen) atoms. The fourth-order valence-corrected chi connectivity index (χ4v) is 6.02. The van der Waals surface area contributed by atoms with Gasteiger partial charge in [0.25, 0.3) is 10.0 Å². The van der Waals surface area contributed by atoms with Crippen LogP contribution in [-0.4, -0.2) is 44.3 Å². The van der Waals surface area contributed by atoms with Gasteiger partial charge in [-0.3, -0.25) is 13.9 Å². The van der Waals surface area contributed by atoms with Gasteiger partial charge in [-0.2, -0.15) is 0 Å². The fraction of sp³-hybridized carbons (Fsp3) is 0.286. The maximum absolute atomic E-state index is 14.0. The minimum atomic E-state index is -4.26. The molecule has 1 atom stereocenters. The Morgan fingerprint density at radius 2 is 1.45 bits per heavy atom. The molecule has 3 aromatic rings. The Kier molecular flexibility index (Phi) is 11.1. The van der Waals surface area contributed by atoms with Gasteiger partial charge in [0.1, 0.15) is 12.6 Å². The zero-order valence-corrected chi connectivity index (χ0v) is 25.9. The van der Waals surface area contributed by atoms with E-state index < -0.39 is 34.4 Å². The maximum atomic E-state index is 14.0. The van der Waals surface area contributed by atoms with Gasteiger partial charge in [-0.05, 0) is 67.4 Å². The quantitative estimate of drug-likeness (QED) is 0.252. The van der Waals surface area contributed by atoms with Gasteiger partial charge < -0.3 is 10.2 Å². The van der Waals surface area contributed by atoms with Crippen molar-refractivity contribution in [1.82, 2.24) is 10.2 Å². The average Bonchev–Trinajstić information content (AvgIpc) is 2.89. The van der Waals surface area contributed by atoms with Crippen LogP contribution in [0.3, 0.4) is 0 Å². The average molecular weight is 645 g/mol. The largest absolute Gasteiger partial charge is 0.354 e. The highest BCUT2D eigenvalue weighted by molar-refractivity contribution is 7.92. The molecule has 0 fully saturated rings. The maximum Gasteiger partial charge on any atom is 0.264 e. The van der Waals surface area contributed by atoms with Crippen molar-refractivity contribution in [1.29, 1.82) is 0 Å². The molecule has 7 nitrogen and oxygen atoms in total. The molecule has 0 aliphatic rings. The number of benzene rings is 3. The molecule has 0 saturated carbocycles. The highest BCUT2D eigenvalue weighted by Gasteiger charge is 2.33. The molecule has 3 aromatic carbocycles. The number of sulfonamides is 1. The fourth-order valence-electron chi connectivity index (χ4n) is 3.78. The minimum absolute atomic E-state index is 0.0758. The lowest BCUT2D eigenvalue weighted by atomic mass is 10.1. The Labute approximate surface area is 255 Å². The topological polar surface area (TPSA) is 86.8 Å². The van der Waals surface area contributed by atoms with Crippen LogP contribution in [0.15, 0.2) is 71.6 Å². The zero-order chi connectivity index (χ0) is 29.6. The molecule has 0 heterocycles. The van der Waals surface area contributed by atoms with Crippen LogP contribution >= 0.6 is 46.4 Å². The van der Waals surface area contributed by atoms with Gasteiger partial charge in [0.15, 0.2) is 0 Å². The SMILES string of the molecule is CC(C)CNC(=O)[C@H](C)N(Cc1c(Cl)cccc1Cl)C(=O)CN(c1cccc(Cl)c1)S(=O)(=O)c1ccc(Cl)cc1. The highest BCUT2D eigenvalue weighted by Crippen LogP contribution is 2.29. The van der Waals surface area contributed by atoms with Crippen molar-refractivity contribution in [3.8, 4) is 0 Å². The third-order valence-electron chi connectivity index (χ3n) is 6.02. The Hall–Kier alpha value is -2.49. The molecule has 0 aromatic heterocycles. The van der Waals surface area contributed by atoms with Gasteiger partial charge in [0.2, 0.25) is 11.8 Å². The summed E-state index contributed by atoms with van der Waals surface area (Å²) < 4.78 is 28.6. The van der Waals surface area contributed by atoms with Gasteiger partial charge in [-0.15, -0.1) is 0 Å². The third-order valence-corrected chi connectivity index (χ3v) is 9.00. The number of halogens is 4. The molecule has 3 rings (SSSR count). The lowest BCUT2D eigenvalue weighted by Gasteiger charge is -2.32. The lowest BCUT2D eigenvalue weighted by molar-refractivity contribution is -0.139. The van der Waals surface area contributed by atoms with Crippen molar-refractivity contribution in [3.05, 3.63) is 92.4 Å². The molecule has 2 amide bonds. The standard InChI is InChI=1S/C28H29Cl4N3O4S/c1-18(2)15-33-28(37)19(3)34(16-24-25(31)8-5-9-26(24)32)27(36)17-35(22-7-4-6-21(30)14-22)40(38,39)23-12-10-20(29)11-13-23/h4-14,18-19H,15-17H2,1-3H3,(H,33,37)/t19-/m0/s1. The molecular weight excluding hydrogens is 616 g/mol. The van der Waals surface area contributed by atoms with Crippen LogP contribution < -0.4 is 9.62 Å². The Morgan fingerprint density at radius 1 is 0.850 bits per heavy atom. The van der Waals surface area contributed by atoms with Crippen LogP contribution in [0.4, 0.5) is 5.69 Å². The molecule has 214 valence electrons. The van der Waals surface area contributed by atoms with Crippen LogP contribution in [0.5, 0.6) is 0 Å². The second kappa shape index (κ2) is 13.9. The summed E-state index contributed by atoms with van der Waals surface area (Å²) in [6.45, 7) is 5.10. The van der Waals surface area contributed by atoms with Crippen molar-refractivity contribution >= 4 is 73.9 Å². The Bertz CT molecular complexity index is 1450. The molecule has 0 radical (unpaired) electrons. The predicted octanol–water partition coefficient (Wildman–Crippen LogP) is 6.69. The summed E-state index contributed by atoms with van der Waals surface area (Å²) in [7, 11) is -4.26. The van der Waals surface area contributed by atoms with E-state index in [1.54, 1.807) is 37.3 Å². The molecule has 0 saturated heterocycles. The molecular formula is C28H29Cl4N3O4S. The Morgan fingerprint density at radius 3 is 2.02 bits per heavy atom. The summed E-state index contributed by atoms with van der Waals surface area (Å²) in [5, 5.41) is 4.07. The predicted molar refractivity (Wildman–Crippen MR) is 162 cm³/mol. The second-order valence-electron chi connectivity index (χ2n) is 9.48. The van der Waals surface area contributed by atoms with Crippen molar-refractivity contribution in [2.24, 2.45) is 5.92 Å². The van der Waals surface area contributed by atoms with E-state index in [1.807, 2.05) is 13.8 Å². The molecule has 0 aliphatic heterocycles. The lowest BCUT2D eigenvalue weighted by Crippen LogP contribution is -2.51. The van der Waals surface area contributed by atoms with Crippen LogP contribution in [0.25, 0.3) is 0 Å². The van der Waals surface area contributed by atoms with E-state index in [0.717, 1.165) is 4.31 Å². The van der Waals surface area contributed by atoms with Crippen LogP contribution in [-0.2, 0) is 26.2 Å². The molecule has 0 bridgehead atoms.